The molecule has 5 aromatic carbocycles. The second kappa shape index (κ2) is 9.11. The molecule has 0 radical (unpaired) electrons. The third-order valence-electron chi connectivity index (χ3n) is 6.46. The summed E-state index contributed by atoms with van der Waals surface area (Å²) < 4.78 is 26.3. The highest BCUT2D eigenvalue weighted by atomic mass is 31.1. The molecule has 0 amide bonds. The van der Waals surface area contributed by atoms with Crippen LogP contribution in [0, 0.1) is 0 Å². The lowest BCUT2D eigenvalue weighted by atomic mass is 10.1. The van der Waals surface area contributed by atoms with Crippen molar-refractivity contribution in [3.8, 4) is 10.6 Å². The Morgan fingerprint density at radius 2 is 0.789 bits per heavy atom. The lowest BCUT2D eigenvalue weighted by Gasteiger charge is -2.10. The number of benzene rings is 5. The van der Waals surface area contributed by atoms with Crippen molar-refractivity contribution in [2.24, 2.45) is 0 Å². The van der Waals surface area contributed by atoms with Gasteiger partial charge < -0.3 is 28.3 Å². The summed E-state index contributed by atoms with van der Waals surface area (Å²) >= 11 is 0. The Kier molecular flexibility index (Phi) is 5.44. The van der Waals surface area contributed by atoms with E-state index in [1.807, 2.05) is 103 Å². The summed E-state index contributed by atoms with van der Waals surface area (Å²) in [7, 11) is -3.40. The number of anilines is 2. The molecular weight excluding hydrogens is 514 g/mol. The number of hydrogen-bond donors (Lipinski definition) is 2. The summed E-state index contributed by atoms with van der Waals surface area (Å²) in [5, 5.41) is 5.23. The van der Waals surface area contributed by atoms with Crippen LogP contribution in [0.15, 0.2) is 126 Å². The fourth-order valence-electron chi connectivity index (χ4n) is 4.61. The highest BCUT2D eigenvalue weighted by molar-refractivity contribution is 7.52. The molecule has 0 aliphatic rings. The van der Waals surface area contributed by atoms with Crippen LogP contribution < -0.4 is 11.5 Å². The highest BCUT2D eigenvalue weighted by Gasteiger charge is 2.22. The van der Waals surface area contributed by atoms with Gasteiger partial charge in [-0.15, -0.1) is 0 Å². The molecule has 0 aliphatic heterocycles. The van der Waals surface area contributed by atoms with E-state index >= 15 is 0 Å². The van der Waals surface area contributed by atoms with Crippen LogP contribution in [-0.4, -0.2) is 0 Å². The van der Waals surface area contributed by atoms with E-state index in [0.29, 0.717) is 27.8 Å². The molecule has 6 nitrogen and oxygen atoms in total. The van der Waals surface area contributed by atoms with Crippen molar-refractivity contribution < 1.29 is 16.8 Å². The first kappa shape index (κ1) is 22.7. The Labute approximate surface area is 219 Å². The lowest BCUT2D eigenvalue weighted by Crippen LogP contribution is -1.95. The van der Waals surface area contributed by atoms with E-state index in [4.69, 9.17) is 28.3 Å². The first-order valence-electron chi connectivity index (χ1n) is 12.0. The molecule has 2 heterocycles. The minimum atomic E-state index is -1.74. The molecule has 7 aromatic rings. The van der Waals surface area contributed by atoms with Crippen molar-refractivity contribution in [2.45, 2.75) is 0 Å². The maximum Gasteiger partial charge on any atom is 0.256 e. The van der Waals surface area contributed by atoms with Crippen LogP contribution in [0.2, 0.25) is 0 Å². The van der Waals surface area contributed by atoms with E-state index in [0.717, 1.165) is 38.0 Å². The van der Waals surface area contributed by atoms with E-state index in [9.17, 15) is 0 Å². The van der Waals surface area contributed by atoms with Crippen LogP contribution in [0.1, 0.15) is 0 Å². The van der Waals surface area contributed by atoms with Gasteiger partial charge in [-0.25, -0.2) is 0 Å². The molecule has 8 heteroatoms. The highest BCUT2D eigenvalue weighted by Crippen LogP contribution is 2.57. The SMILES string of the molecule is Nc1ccc(-p2oc3ccccc3c3ccccc3o2)c(-p2oc3ccccc3c3ccccc3o2)c1N. The maximum atomic E-state index is 6.67. The van der Waals surface area contributed by atoms with Crippen LogP contribution in [0.4, 0.5) is 11.4 Å². The first-order valence-corrected chi connectivity index (χ1v) is 14.4. The number of nitrogen functional groups attached to an aromatic ring is 2. The smallest absolute Gasteiger partial charge is 0.256 e. The molecular formula is C30H22N2O4P2. The molecule has 0 fully saturated rings. The van der Waals surface area contributed by atoms with Crippen LogP contribution >= 0.6 is 16.0 Å². The standard InChI is InChI=1S/C30H22N2O4P2/c31-23-17-18-28(37-33-24-13-5-1-9-19(24)20-10-2-6-14-25(20)34-37)30(29(23)32)38-35-26-15-7-3-11-21(26)22-12-4-8-16-27(22)36-38/h1-18H,31-32H2. The van der Waals surface area contributed by atoms with Crippen molar-refractivity contribution in [3.63, 3.8) is 0 Å². The van der Waals surface area contributed by atoms with Gasteiger partial charge in [0.2, 0.25) is 0 Å². The van der Waals surface area contributed by atoms with Gasteiger partial charge in [0.1, 0.15) is 27.6 Å². The molecule has 0 aliphatic carbocycles. The van der Waals surface area contributed by atoms with Crippen molar-refractivity contribution in [1.29, 1.82) is 0 Å². The van der Waals surface area contributed by atoms with Gasteiger partial charge in [-0.1, -0.05) is 72.8 Å². The van der Waals surface area contributed by atoms with Gasteiger partial charge in [0.15, 0.2) is 0 Å². The van der Waals surface area contributed by atoms with Crippen molar-refractivity contribution in [3.05, 3.63) is 109 Å². The van der Waals surface area contributed by atoms with Gasteiger partial charge in [0.05, 0.1) is 16.7 Å². The van der Waals surface area contributed by atoms with Crippen LogP contribution in [0.25, 0.3) is 54.5 Å². The van der Waals surface area contributed by atoms with Gasteiger partial charge >= 0.3 is 0 Å². The summed E-state index contributed by atoms with van der Waals surface area (Å²) in [6.07, 6.45) is 0. The topological polar surface area (TPSA) is 105 Å². The number of fused-ring (bicyclic) bond motifs is 6. The number of hydrogen-bond acceptors (Lipinski definition) is 6. The normalized spacial score (nSPS) is 11.4. The van der Waals surface area contributed by atoms with Crippen LogP contribution in [-0.2, 0) is 0 Å². The molecule has 0 bridgehead atoms. The molecule has 186 valence electrons. The fourth-order valence-corrected chi connectivity index (χ4v) is 7.98. The monoisotopic (exact) mass is 536 g/mol. The molecule has 38 heavy (non-hydrogen) atoms. The van der Waals surface area contributed by atoms with Gasteiger partial charge in [0.25, 0.3) is 16.0 Å². The van der Waals surface area contributed by atoms with Crippen molar-refractivity contribution >= 4 is 71.3 Å². The molecule has 0 unspecified atom stereocenters. The van der Waals surface area contributed by atoms with E-state index in [-0.39, 0.29) is 0 Å². The fraction of sp³-hybridized carbons (Fsp3) is 0. The van der Waals surface area contributed by atoms with Gasteiger partial charge in [-0.2, -0.15) is 0 Å². The predicted octanol–water partition coefficient (Wildman–Crippen LogP) is 10.0. The second-order valence-electron chi connectivity index (χ2n) is 8.80. The first-order chi connectivity index (χ1) is 18.7. The molecule has 0 saturated heterocycles. The average Bonchev–Trinajstić information content (AvgIpc) is 3.22. The summed E-state index contributed by atoms with van der Waals surface area (Å²) in [5.74, 6) is 0. The minimum absolute atomic E-state index is 0.394. The second-order valence-corrected chi connectivity index (χ2v) is 11.5. The molecule has 2 aromatic heterocycles. The van der Waals surface area contributed by atoms with E-state index < -0.39 is 16.0 Å². The molecule has 0 spiro atoms. The zero-order valence-corrected chi connectivity index (χ0v) is 21.9. The average molecular weight is 536 g/mol. The maximum absolute atomic E-state index is 6.67. The van der Waals surface area contributed by atoms with Crippen molar-refractivity contribution in [2.75, 3.05) is 11.5 Å². The minimum Gasteiger partial charge on any atom is -0.416 e. The van der Waals surface area contributed by atoms with Gasteiger partial charge in [-0.3, -0.25) is 0 Å². The van der Waals surface area contributed by atoms with E-state index in [1.165, 1.54) is 0 Å². The van der Waals surface area contributed by atoms with E-state index in [2.05, 4.69) is 0 Å². The molecule has 0 atom stereocenters. The lowest BCUT2D eigenvalue weighted by molar-refractivity contribution is 0.646. The predicted molar refractivity (Wildman–Crippen MR) is 158 cm³/mol. The van der Waals surface area contributed by atoms with Gasteiger partial charge in [0, 0.05) is 21.5 Å². The third kappa shape index (κ3) is 3.74. The molecule has 4 N–H and O–H groups in total. The zero-order chi connectivity index (χ0) is 25.6. The molecule has 7 rings (SSSR count). The van der Waals surface area contributed by atoms with E-state index in [1.54, 1.807) is 6.07 Å². The van der Waals surface area contributed by atoms with Crippen molar-refractivity contribution in [1.82, 2.24) is 0 Å². The number of rotatable bonds is 2. The Bertz CT molecular complexity index is 1970. The van der Waals surface area contributed by atoms with Crippen LogP contribution in [0.5, 0.6) is 0 Å². The summed E-state index contributed by atoms with van der Waals surface area (Å²) in [6.45, 7) is 0. The van der Waals surface area contributed by atoms with Crippen LogP contribution in [0.3, 0.4) is 0 Å². The largest absolute Gasteiger partial charge is 0.416 e. The Balaban J connectivity index is 1.62. The zero-order valence-electron chi connectivity index (χ0n) is 20.1. The number of nitrogens with two attached hydrogens (primary N) is 2. The Morgan fingerprint density at radius 1 is 0.421 bits per heavy atom. The summed E-state index contributed by atoms with van der Waals surface area (Å²) in [5.41, 5.74) is 16.7. The summed E-state index contributed by atoms with van der Waals surface area (Å²) in [4.78, 5) is 0. The van der Waals surface area contributed by atoms with Gasteiger partial charge in [-0.05, 0) is 36.4 Å². The third-order valence-corrected chi connectivity index (χ3v) is 9.70. The quantitative estimate of drug-likeness (QED) is 0.213. The summed E-state index contributed by atoms with van der Waals surface area (Å²) in [6, 6.07) is 35.3. The number of para-hydroxylation sites is 4. The molecule has 0 saturated carbocycles. The Morgan fingerprint density at radius 3 is 1.21 bits per heavy atom. The Hall–Kier alpha value is -4.50.